The molecule has 7 nitrogen and oxygen atoms in total. The maximum atomic E-state index is 12.4. The first-order valence-corrected chi connectivity index (χ1v) is 12.7. The van der Waals surface area contributed by atoms with E-state index in [1.807, 2.05) is 38.1 Å². The molecule has 0 saturated carbocycles. The summed E-state index contributed by atoms with van der Waals surface area (Å²) in [4.78, 5) is 45.9. The molecule has 0 aliphatic rings. The molecule has 0 radical (unpaired) electrons. The topological polar surface area (TPSA) is 101 Å². The van der Waals surface area contributed by atoms with Crippen LogP contribution >= 0.6 is 23.1 Å². The monoisotopic (exact) mass is 487 g/mol. The van der Waals surface area contributed by atoms with E-state index in [1.54, 1.807) is 6.92 Å². The highest BCUT2D eigenvalue weighted by Gasteiger charge is 2.18. The molecule has 176 valence electrons. The van der Waals surface area contributed by atoms with Crippen LogP contribution in [0.4, 0.5) is 5.69 Å². The van der Waals surface area contributed by atoms with Crippen molar-refractivity contribution in [3.8, 4) is 0 Å². The Morgan fingerprint density at radius 2 is 1.91 bits per heavy atom. The van der Waals surface area contributed by atoms with E-state index in [0.29, 0.717) is 33.4 Å². The number of benzene rings is 1. The Balaban J connectivity index is 1.48. The molecule has 0 aliphatic heterocycles. The molecule has 2 aromatic heterocycles. The molecule has 0 aliphatic carbocycles. The summed E-state index contributed by atoms with van der Waals surface area (Å²) < 4.78 is 5.16. The van der Waals surface area contributed by atoms with E-state index >= 15 is 0 Å². The predicted octanol–water partition coefficient (Wildman–Crippen LogP) is 4.92. The number of aromatic amines is 1. The van der Waals surface area contributed by atoms with Gasteiger partial charge in [-0.3, -0.25) is 14.4 Å². The molecule has 2 atom stereocenters. The third-order valence-electron chi connectivity index (χ3n) is 5.61. The average Bonchev–Trinajstić information content (AvgIpc) is 3.09. The Bertz CT molecular complexity index is 1200. The molecule has 3 aromatic rings. The Hall–Kier alpha value is -2.65. The number of nitrogens with zero attached hydrogens (tertiary/aromatic N) is 1. The molecular weight excluding hydrogens is 458 g/mol. The maximum Gasteiger partial charge on any atom is 0.319 e. The lowest BCUT2D eigenvalue weighted by molar-refractivity contribution is -0.146. The van der Waals surface area contributed by atoms with Gasteiger partial charge in [0.1, 0.15) is 15.9 Å². The van der Waals surface area contributed by atoms with Crippen LogP contribution in [0.2, 0.25) is 0 Å². The highest BCUT2D eigenvalue weighted by atomic mass is 32.2. The number of thiophene rings is 1. The van der Waals surface area contributed by atoms with E-state index in [2.05, 4.69) is 29.1 Å². The summed E-state index contributed by atoms with van der Waals surface area (Å²) in [5.41, 5.74) is 2.66. The van der Waals surface area contributed by atoms with Gasteiger partial charge >= 0.3 is 5.97 Å². The normalized spacial score (nSPS) is 13.0. The Labute approximate surface area is 201 Å². The minimum atomic E-state index is -0.513. The summed E-state index contributed by atoms with van der Waals surface area (Å²) in [6.07, 6.45) is 1.05. The number of carbonyl (C=O) groups excluding carboxylic acids is 2. The summed E-state index contributed by atoms with van der Waals surface area (Å²) in [5, 5.41) is 2.85. The van der Waals surface area contributed by atoms with E-state index in [-0.39, 0.29) is 12.2 Å². The van der Waals surface area contributed by atoms with Gasteiger partial charge in [0, 0.05) is 10.6 Å². The minimum absolute atomic E-state index is 0.165. The van der Waals surface area contributed by atoms with Crippen LogP contribution in [-0.2, 0) is 20.1 Å². The molecule has 2 unspecified atom stereocenters. The van der Waals surface area contributed by atoms with Crippen LogP contribution < -0.4 is 10.9 Å². The summed E-state index contributed by atoms with van der Waals surface area (Å²) in [5.74, 6) is 0.442. The zero-order chi connectivity index (χ0) is 24.1. The SMILES string of the molecule is CCC(C)c1ccc(NC(=O)COC(=O)C(C)SCc2nc3sc(C)c(C)c3c(=O)[nH]2)cc1. The number of H-pyrrole nitrogens is 1. The number of carbonyl (C=O) groups is 2. The zero-order valence-electron chi connectivity index (χ0n) is 19.5. The van der Waals surface area contributed by atoms with Crippen molar-refractivity contribution in [2.45, 2.75) is 58.0 Å². The fraction of sp³-hybridized carbons (Fsp3) is 0.417. The van der Waals surface area contributed by atoms with Gasteiger partial charge in [0.2, 0.25) is 0 Å². The lowest BCUT2D eigenvalue weighted by atomic mass is 9.99. The summed E-state index contributed by atoms with van der Waals surface area (Å²) in [6, 6.07) is 7.67. The molecule has 9 heteroatoms. The molecule has 0 saturated heterocycles. The van der Waals surface area contributed by atoms with Crippen LogP contribution in [0.1, 0.15) is 54.9 Å². The fourth-order valence-corrected chi connectivity index (χ4v) is 5.02. The third kappa shape index (κ3) is 6.23. The lowest BCUT2D eigenvalue weighted by Gasteiger charge is -2.12. The first-order chi connectivity index (χ1) is 15.7. The molecular formula is C24H29N3O4S2. The van der Waals surface area contributed by atoms with Crippen LogP contribution in [0.25, 0.3) is 10.2 Å². The molecule has 0 spiro atoms. The number of hydrogen-bond acceptors (Lipinski definition) is 7. The van der Waals surface area contributed by atoms with Gasteiger partial charge in [-0.15, -0.1) is 23.1 Å². The highest BCUT2D eigenvalue weighted by Crippen LogP contribution is 2.26. The van der Waals surface area contributed by atoms with Gasteiger partial charge in [0.15, 0.2) is 6.61 Å². The maximum absolute atomic E-state index is 12.4. The second kappa shape index (κ2) is 11.0. The number of ether oxygens (including phenoxy) is 1. The van der Waals surface area contributed by atoms with Crippen molar-refractivity contribution in [3.05, 3.63) is 56.4 Å². The molecule has 0 fully saturated rings. The Morgan fingerprint density at radius 1 is 1.21 bits per heavy atom. The first-order valence-electron chi connectivity index (χ1n) is 10.9. The van der Waals surface area contributed by atoms with Crippen molar-refractivity contribution in [2.75, 3.05) is 11.9 Å². The van der Waals surface area contributed by atoms with Gasteiger partial charge < -0.3 is 15.0 Å². The minimum Gasteiger partial charge on any atom is -0.455 e. The third-order valence-corrected chi connectivity index (χ3v) is 7.85. The van der Waals surface area contributed by atoms with Crippen LogP contribution in [0.3, 0.4) is 0 Å². The number of aromatic nitrogens is 2. The molecule has 2 N–H and O–H groups in total. The Kier molecular flexibility index (Phi) is 8.31. The number of nitrogens with one attached hydrogen (secondary N) is 2. The molecule has 2 heterocycles. The Morgan fingerprint density at radius 3 is 2.58 bits per heavy atom. The van der Waals surface area contributed by atoms with Gasteiger partial charge in [0.05, 0.1) is 11.1 Å². The van der Waals surface area contributed by atoms with Gasteiger partial charge in [-0.05, 0) is 56.4 Å². The van der Waals surface area contributed by atoms with Crippen molar-refractivity contribution in [1.82, 2.24) is 9.97 Å². The van der Waals surface area contributed by atoms with Gasteiger partial charge in [-0.25, -0.2) is 4.98 Å². The van der Waals surface area contributed by atoms with Crippen LogP contribution in [0, 0.1) is 13.8 Å². The van der Waals surface area contributed by atoms with Gasteiger partial charge in [0.25, 0.3) is 11.5 Å². The van der Waals surface area contributed by atoms with E-state index < -0.39 is 17.1 Å². The number of esters is 1. The van der Waals surface area contributed by atoms with E-state index in [9.17, 15) is 14.4 Å². The molecule has 3 rings (SSSR count). The smallest absolute Gasteiger partial charge is 0.319 e. The summed E-state index contributed by atoms with van der Waals surface area (Å²) >= 11 is 2.78. The predicted molar refractivity (Wildman–Crippen MR) is 135 cm³/mol. The highest BCUT2D eigenvalue weighted by molar-refractivity contribution is 7.99. The van der Waals surface area contributed by atoms with Crippen LogP contribution in [-0.4, -0.2) is 33.7 Å². The number of hydrogen-bond donors (Lipinski definition) is 2. The molecule has 1 aromatic carbocycles. The quantitative estimate of drug-likeness (QED) is 0.416. The number of thioether (sulfide) groups is 1. The average molecular weight is 488 g/mol. The number of amides is 1. The van der Waals surface area contributed by atoms with Gasteiger partial charge in [-0.1, -0.05) is 26.0 Å². The molecule has 1 amide bonds. The second-order valence-electron chi connectivity index (χ2n) is 8.02. The first kappa shape index (κ1) is 25.0. The summed E-state index contributed by atoms with van der Waals surface area (Å²) in [7, 11) is 0. The van der Waals surface area contributed by atoms with E-state index in [0.717, 1.165) is 16.9 Å². The number of fused-ring (bicyclic) bond motifs is 1. The van der Waals surface area contributed by atoms with Crippen molar-refractivity contribution in [2.24, 2.45) is 0 Å². The van der Waals surface area contributed by atoms with E-state index in [4.69, 9.17) is 4.74 Å². The largest absolute Gasteiger partial charge is 0.455 e. The molecule has 0 bridgehead atoms. The number of anilines is 1. The fourth-order valence-electron chi connectivity index (χ4n) is 3.22. The number of aryl methyl sites for hydroxylation is 2. The van der Waals surface area contributed by atoms with Gasteiger partial charge in [-0.2, -0.15) is 0 Å². The van der Waals surface area contributed by atoms with Crippen molar-refractivity contribution < 1.29 is 14.3 Å². The number of rotatable bonds is 9. The molecule has 33 heavy (non-hydrogen) atoms. The standard InChI is InChI=1S/C24H29N3O4S2/c1-6-13(2)17-7-9-18(10-8-17)25-20(28)11-31-24(30)16(5)32-12-19-26-22(29)21-14(3)15(4)33-23(21)27-19/h7-10,13,16H,6,11-12H2,1-5H3,(H,25,28)(H,26,27,29). The van der Waals surface area contributed by atoms with E-state index in [1.165, 1.54) is 28.7 Å². The zero-order valence-corrected chi connectivity index (χ0v) is 21.1. The lowest BCUT2D eigenvalue weighted by Crippen LogP contribution is -2.25. The van der Waals surface area contributed by atoms with Crippen LogP contribution in [0.5, 0.6) is 0 Å². The second-order valence-corrected chi connectivity index (χ2v) is 10.5. The van der Waals surface area contributed by atoms with Crippen molar-refractivity contribution >= 4 is 50.9 Å². The van der Waals surface area contributed by atoms with Crippen molar-refractivity contribution in [1.29, 1.82) is 0 Å². The summed E-state index contributed by atoms with van der Waals surface area (Å²) in [6.45, 7) is 9.51. The van der Waals surface area contributed by atoms with Crippen LogP contribution in [0.15, 0.2) is 29.1 Å². The van der Waals surface area contributed by atoms with Crippen molar-refractivity contribution in [3.63, 3.8) is 0 Å².